The van der Waals surface area contributed by atoms with Gasteiger partial charge in [-0.15, -0.1) is 0 Å². The summed E-state index contributed by atoms with van der Waals surface area (Å²) in [6.45, 7) is 9.59. The van der Waals surface area contributed by atoms with Crippen molar-refractivity contribution in [2.75, 3.05) is 25.2 Å². The monoisotopic (exact) mass is 812 g/mol. The van der Waals surface area contributed by atoms with Gasteiger partial charge in [0, 0.05) is 13.9 Å². The summed E-state index contributed by atoms with van der Waals surface area (Å²) in [5.41, 5.74) is -24.7. The van der Waals surface area contributed by atoms with E-state index in [1.807, 2.05) is 0 Å². The van der Waals surface area contributed by atoms with Gasteiger partial charge in [0.1, 0.15) is 0 Å². The van der Waals surface area contributed by atoms with Crippen molar-refractivity contribution in [1.82, 2.24) is 4.13 Å². The molecule has 1 unspecified atom stereocenters. The second-order valence-corrected chi connectivity index (χ2v) is 20.4. The second kappa shape index (κ2) is 19.1. The average Bonchev–Trinajstić information content (AvgIpc) is 2.77. The number of nitrogens with one attached hydrogen (secondary N) is 1. The van der Waals surface area contributed by atoms with Crippen molar-refractivity contribution in [3.63, 3.8) is 0 Å². The number of alkyl halides is 12. The zero-order valence-electron chi connectivity index (χ0n) is 23.9. The van der Waals surface area contributed by atoms with Gasteiger partial charge in [0.05, 0.1) is 18.5 Å². The minimum Gasteiger partial charge on any atom is -0.421 e. The van der Waals surface area contributed by atoms with Crippen molar-refractivity contribution in [2.45, 2.75) is 81.3 Å². The Hall–Kier alpha value is -0.260. The van der Waals surface area contributed by atoms with Crippen molar-refractivity contribution in [2.24, 2.45) is 0 Å². The third kappa shape index (κ3) is 19.4. The summed E-state index contributed by atoms with van der Waals surface area (Å²) < 4.78 is 218. The lowest BCUT2D eigenvalue weighted by atomic mass is 10.4. The van der Waals surface area contributed by atoms with Crippen LogP contribution in [0.15, 0.2) is 0 Å². The van der Waals surface area contributed by atoms with Gasteiger partial charge in [-0.2, -0.15) is 62.6 Å². The number of hydrogen-bond acceptors (Lipinski definition) is 8. The minimum absolute atomic E-state index is 0. The predicted molar refractivity (Wildman–Crippen MR) is 150 cm³/mol. The zero-order valence-corrected chi connectivity index (χ0v) is 29.5. The van der Waals surface area contributed by atoms with Crippen LogP contribution in [0.2, 0.25) is 0 Å². The molecule has 10 nitrogen and oxygen atoms in total. The fourth-order valence-corrected chi connectivity index (χ4v) is 9.94. The van der Waals surface area contributed by atoms with Crippen LogP contribution in [0.25, 0.3) is 4.13 Å². The Balaban J connectivity index is -0.000000277. The Morgan fingerprint density at radius 1 is 0.511 bits per heavy atom. The number of nitrogens with zero attached hydrogens (tertiary/aromatic N) is 1. The van der Waals surface area contributed by atoms with E-state index in [2.05, 4.69) is 27.4 Å². The molecule has 0 saturated carbocycles. The first-order chi connectivity index (χ1) is 19.1. The molecule has 0 heterocycles. The second-order valence-electron chi connectivity index (χ2n) is 8.75. The van der Waals surface area contributed by atoms with Crippen LogP contribution >= 0.6 is 17.2 Å². The number of hydrogen-bond donors (Lipinski definition) is 1. The van der Waals surface area contributed by atoms with E-state index in [0.29, 0.717) is 0 Å². The summed E-state index contributed by atoms with van der Waals surface area (Å²) in [5, 5.41) is 0. The standard InChI is InChI=1S/C13H30P.C2HF6NO4S2.C2F6NO4S2.H3P/c1-5-8-11-14(4,12-9-6-2)13-10-7-3;2*3-1(4,5)14(10,11)9-15(12,13)2(6,7)8;/h5-13H2,1-4H3;9H;;1H3/q+1;;-1;. The quantitative estimate of drug-likeness (QED) is 0.165. The summed E-state index contributed by atoms with van der Waals surface area (Å²) in [6.07, 6.45) is 13.2. The SMILES string of the molecule is CCCC[P+](C)(CCCC)CCCC.O=S(=O)(NS(=O)(=O)C(F)(F)F)C(F)(F)F.O=S(=O)([N-]S(=O)(=O)C(F)(F)F)C(F)(F)F.P. The molecule has 0 fully saturated rings. The molecule has 0 aliphatic heterocycles. The van der Waals surface area contributed by atoms with E-state index < -0.39 is 73.5 Å². The van der Waals surface area contributed by atoms with Crippen molar-refractivity contribution in [3.8, 4) is 0 Å². The Kier molecular flexibility index (Phi) is 21.8. The lowest BCUT2D eigenvalue weighted by molar-refractivity contribution is -0.0480. The molecule has 0 aromatic rings. The molecule has 0 rings (SSSR count). The minimum atomic E-state index is -6.72. The Morgan fingerprint density at radius 2 is 0.733 bits per heavy atom. The van der Waals surface area contributed by atoms with Crippen LogP contribution in [0.4, 0.5) is 52.7 Å². The Morgan fingerprint density at radius 3 is 0.889 bits per heavy atom. The molecule has 1 atom stereocenters. The van der Waals surface area contributed by atoms with Crippen LogP contribution in [0.5, 0.6) is 0 Å². The molecule has 0 amide bonds. The Bertz CT molecular complexity index is 1110. The van der Waals surface area contributed by atoms with Gasteiger partial charge in [0.15, 0.2) is 20.0 Å². The fraction of sp³-hybridized carbons (Fsp3) is 1.00. The van der Waals surface area contributed by atoms with E-state index in [-0.39, 0.29) is 9.90 Å². The van der Waals surface area contributed by atoms with Crippen molar-refractivity contribution in [1.29, 1.82) is 0 Å². The zero-order chi connectivity index (χ0) is 36.3. The van der Waals surface area contributed by atoms with Crippen LogP contribution in [-0.2, 0) is 40.1 Å². The smallest absolute Gasteiger partial charge is 0.421 e. The van der Waals surface area contributed by atoms with E-state index in [0.717, 1.165) is 4.13 Å². The number of halogens is 12. The summed E-state index contributed by atoms with van der Waals surface area (Å²) in [6, 6.07) is 0. The third-order valence-corrected chi connectivity index (χ3v) is 14.7. The maximum absolute atomic E-state index is 11.5. The maximum atomic E-state index is 11.5. The van der Waals surface area contributed by atoms with E-state index in [4.69, 9.17) is 0 Å². The normalized spacial score (nSPS) is 14.0. The van der Waals surface area contributed by atoms with Gasteiger partial charge in [0.2, 0.25) is 0 Å². The topological polar surface area (TPSA) is 163 Å². The molecule has 0 spiro atoms. The lowest BCUT2D eigenvalue weighted by Crippen LogP contribution is -2.45. The fourth-order valence-electron chi connectivity index (χ4n) is 2.41. The van der Waals surface area contributed by atoms with Gasteiger partial charge < -0.3 is 4.13 Å². The largest absolute Gasteiger partial charge is 0.512 e. The van der Waals surface area contributed by atoms with Gasteiger partial charge in [-0.3, -0.25) is 0 Å². The van der Waals surface area contributed by atoms with E-state index in [1.54, 1.807) is 18.5 Å². The molecule has 0 saturated heterocycles. The number of sulfonamides is 4. The first kappa shape index (κ1) is 51.6. The highest BCUT2D eigenvalue weighted by Gasteiger charge is 2.55. The number of rotatable bonds is 13. The van der Waals surface area contributed by atoms with Gasteiger partial charge >= 0.3 is 42.1 Å². The molecule has 278 valence electrons. The van der Waals surface area contributed by atoms with Gasteiger partial charge in [-0.1, -0.05) is 44.2 Å². The van der Waals surface area contributed by atoms with Crippen LogP contribution in [0.1, 0.15) is 59.3 Å². The molecule has 0 bridgehead atoms. The van der Waals surface area contributed by atoms with Crippen molar-refractivity contribution < 1.29 is 86.4 Å². The predicted octanol–water partition coefficient (Wildman–Crippen LogP) is 6.43. The van der Waals surface area contributed by atoms with Crippen LogP contribution in [0.3, 0.4) is 0 Å². The molecule has 0 aliphatic rings. The highest BCUT2D eigenvalue weighted by Crippen LogP contribution is 2.57. The van der Waals surface area contributed by atoms with E-state index >= 15 is 0 Å². The molecular weight excluding hydrogens is 778 g/mol. The molecule has 28 heteroatoms. The molecule has 45 heavy (non-hydrogen) atoms. The van der Waals surface area contributed by atoms with Gasteiger partial charge in [0.25, 0.3) is 0 Å². The third-order valence-electron chi connectivity index (χ3n) is 4.76. The van der Waals surface area contributed by atoms with Crippen LogP contribution < -0.4 is 4.13 Å². The van der Waals surface area contributed by atoms with Crippen molar-refractivity contribution >= 4 is 57.3 Å². The highest BCUT2D eigenvalue weighted by molar-refractivity contribution is 8.13. The summed E-state index contributed by atoms with van der Waals surface area (Å²) >= 11 is 0. The van der Waals surface area contributed by atoms with Crippen LogP contribution in [-0.4, -0.2) is 80.9 Å². The average molecular weight is 813 g/mol. The molecule has 0 aromatic heterocycles. The summed E-state index contributed by atoms with van der Waals surface area (Å²) in [4.78, 5) is 0. The van der Waals surface area contributed by atoms with Crippen LogP contribution in [0, 0.1) is 0 Å². The Labute approximate surface area is 258 Å². The van der Waals surface area contributed by atoms with Crippen molar-refractivity contribution in [3.05, 3.63) is 4.13 Å². The number of unbranched alkanes of at least 4 members (excludes halogenated alkanes) is 3. The van der Waals surface area contributed by atoms with E-state index in [9.17, 15) is 86.4 Å². The molecule has 0 aliphatic carbocycles. The maximum Gasteiger partial charge on any atom is 0.512 e. The molecular formula is C17H34F12N2O8P2S4. The lowest BCUT2D eigenvalue weighted by Gasteiger charge is -2.22. The first-order valence-electron chi connectivity index (χ1n) is 11.7. The summed E-state index contributed by atoms with van der Waals surface area (Å²) in [5.74, 6) is 0. The van der Waals surface area contributed by atoms with Gasteiger partial charge in [-0.05, 0) is 19.3 Å². The molecule has 1 N–H and O–H groups in total. The highest BCUT2D eigenvalue weighted by atomic mass is 32.3. The molecule has 0 radical (unpaired) electrons. The van der Waals surface area contributed by atoms with Gasteiger partial charge in [-0.25, -0.2) is 33.7 Å². The first-order valence-corrected chi connectivity index (χ1v) is 20.3. The van der Waals surface area contributed by atoms with E-state index in [1.165, 1.54) is 38.5 Å². The summed E-state index contributed by atoms with van der Waals surface area (Å²) in [7, 11) is -27.2. The molecule has 0 aromatic carbocycles.